The maximum atomic E-state index is 12.3. The molecule has 22 heavy (non-hydrogen) atoms. The first-order valence-corrected chi connectivity index (χ1v) is 6.75. The van der Waals surface area contributed by atoms with Crippen LogP contribution < -0.4 is 4.74 Å². The second-order valence-electron chi connectivity index (χ2n) is 4.89. The fourth-order valence-corrected chi connectivity index (χ4v) is 2.25. The van der Waals surface area contributed by atoms with Crippen molar-refractivity contribution in [2.24, 2.45) is 0 Å². The summed E-state index contributed by atoms with van der Waals surface area (Å²) in [7, 11) is 0. The summed E-state index contributed by atoms with van der Waals surface area (Å²) >= 11 is 0. The van der Waals surface area contributed by atoms with E-state index >= 15 is 0 Å². The Morgan fingerprint density at radius 3 is 2.64 bits per heavy atom. The first-order chi connectivity index (χ1) is 10.6. The summed E-state index contributed by atoms with van der Waals surface area (Å²) in [6.07, 6.45) is 1.49. The van der Waals surface area contributed by atoms with Crippen LogP contribution in [0.5, 0.6) is 5.88 Å². The van der Waals surface area contributed by atoms with Gasteiger partial charge in [-0.05, 0) is 12.1 Å². The van der Waals surface area contributed by atoms with Crippen molar-refractivity contribution in [3.8, 4) is 5.88 Å². The van der Waals surface area contributed by atoms with Crippen molar-refractivity contribution in [2.75, 3.05) is 13.1 Å². The van der Waals surface area contributed by atoms with E-state index < -0.39 is 4.92 Å². The maximum Gasteiger partial charge on any atom is 0.282 e. The van der Waals surface area contributed by atoms with Gasteiger partial charge in [0.1, 0.15) is 11.7 Å². The Morgan fingerprint density at radius 2 is 1.95 bits per heavy atom. The lowest BCUT2D eigenvalue weighted by atomic mass is 10.1. The second-order valence-corrected chi connectivity index (χ2v) is 4.89. The molecule has 0 atom stereocenters. The highest BCUT2D eigenvalue weighted by atomic mass is 16.6. The van der Waals surface area contributed by atoms with Crippen molar-refractivity contribution in [3.05, 3.63) is 64.3 Å². The lowest BCUT2D eigenvalue weighted by Crippen LogP contribution is -2.56. The van der Waals surface area contributed by atoms with Gasteiger partial charge in [0.15, 0.2) is 0 Å². The number of aromatic nitrogens is 1. The van der Waals surface area contributed by atoms with E-state index in [1.807, 2.05) is 6.07 Å². The second kappa shape index (κ2) is 5.80. The summed E-state index contributed by atoms with van der Waals surface area (Å²) in [6.45, 7) is 0.781. The Balaban J connectivity index is 1.63. The third-order valence-electron chi connectivity index (χ3n) is 3.39. The highest BCUT2D eigenvalue weighted by Crippen LogP contribution is 2.23. The van der Waals surface area contributed by atoms with Crippen LogP contribution in [0.25, 0.3) is 0 Å². The van der Waals surface area contributed by atoms with Crippen LogP contribution in [0.3, 0.4) is 0 Å². The number of hydrogen-bond acceptors (Lipinski definition) is 5. The molecule has 7 heteroatoms. The van der Waals surface area contributed by atoms with Gasteiger partial charge in [0.2, 0.25) is 5.88 Å². The SMILES string of the molecule is O=C(c1ccccc1[N+](=O)[O-])N1CC(Oc2ccccn2)C1. The van der Waals surface area contributed by atoms with E-state index in [1.54, 1.807) is 24.4 Å². The molecule has 1 aliphatic rings. The molecule has 1 aromatic carbocycles. The van der Waals surface area contributed by atoms with Gasteiger partial charge in [-0.15, -0.1) is 0 Å². The Labute approximate surface area is 126 Å². The summed E-state index contributed by atoms with van der Waals surface area (Å²) in [6, 6.07) is 11.3. The lowest BCUT2D eigenvalue weighted by molar-refractivity contribution is -0.385. The number of carbonyl (C=O) groups is 1. The van der Waals surface area contributed by atoms with Crippen LogP contribution in [0.15, 0.2) is 48.7 Å². The number of benzene rings is 1. The zero-order valence-corrected chi connectivity index (χ0v) is 11.6. The minimum atomic E-state index is -0.547. The number of para-hydroxylation sites is 1. The standard InChI is InChI=1S/C15H13N3O4/c19-15(12-5-1-2-6-13(12)18(20)21)17-9-11(10-17)22-14-7-3-4-8-16-14/h1-8,11H,9-10H2. The van der Waals surface area contributed by atoms with Crippen LogP contribution in [0, 0.1) is 10.1 Å². The van der Waals surface area contributed by atoms with Crippen molar-refractivity contribution >= 4 is 11.6 Å². The monoisotopic (exact) mass is 299 g/mol. The Kier molecular flexibility index (Phi) is 3.69. The molecule has 1 fully saturated rings. The average Bonchev–Trinajstić information content (AvgIpc) is 2.51. The Hall–Kier alpha value is -2.96. The van der Waals surface area contributed by atoms with Gasteiger partial charge in [-0.2, -0.15) is 0 Å². The predicted octanol–water partition coefficient (Wildman–Crippen LogP) is 1.89. The topological polar surface area (TPSA) is 85.6 Å². The Morgan fingerprint density at radius 1 is 1.23 bits per heavy atom. The van der Waals surface area contributed by atoms with E-state index in [0.29, 0.717) is 19.0 Å². The molecule has 0 bridgehead atoms. The molecule has 0 saturated carbocycles. The largest absolute Gasteiger partial charge is 0.471 e. The molecule has 2 aromatic rings. The minimum absolute atomic E-state index is 0.101. The predicted molar refractivity (Wildman–Crippen MR) is 77.7 cm³/mol. The summed E-state index contributed by atoms with van der Waals surface area (Å²) in [5.41, 5.74) is -0.0784. The molecule has 1 amide bonds. The van der Waals surface area contributed by atoms with Crippen LogP contribution >= 0.6 is 0 Å². The summed E-state index contributed by atoms with van der Waals surface area (Å²) in [5.74, 6) is 0.151. The van der Waals surface area contributed by atoms with Crippen molar-refractivity contribution in [1.82, 2.24) is 9.88 Å². The maximum absolute atomic E-state index is 12.3. The summed E-state index contributed by atoms with van der Waals surface area (Å²) < 4.78 is 5.61. The number of hydrogen-bond donors (Lipinski definition) is 0. The zero-order valence-electron chi connectivity index (χ0n) is 11.6. The van der Waals surface area contributed by atoms with Crippen molar-refractivity contribution in [1.29, 1.82) is 0 Å². The lowest BCUT2D eigenvalue weighted by Gasteiger charge is -2.38. The highest BCUT2D eigenvalue weighted by molar-refractivity contribution is 5.98. The minimum Gasteiger partial charge on any atom is -0.471 e. The molecule has 2 heterocycles. The fraction of sp³-hybridized carbons (Fsp3) is 0.200. The smallest absolute Gasteiger partial charge is 0.282 e. The molecule has 112 valence electrons. The molecule has 0 spiro atoms. The molecule has 1 aromatic heterocycles. The summed E-state index contributed by atoms with van der Waals surface area (Å²) in [5, 5.41) is 11.0. The number of nitro benzene ring substituents is 1. The number of amides is 1. The molecule has 3 rings (SSSR count). The number of likely N-dealkylation sites (tertiary alicyclic amines) is 1. The molecule has 0 unspecified atom stereocenters. The van der Waals surface area contributed by atoms with Gasteiger partial charge >= 0.3 is 0 Å². The number of carbonyl (C=O) groups excluding carboxylic acids is 1. The van der Waals surface area contributed by atoms with Crippen molar-refractivity contribution < 1.29 is 14.5 Å². The van der Waals surface area contributed by atoms with Gasteiger partial charge in [-0.1, -0.05) is 18.2 Å². The van der Waals surface area contributed by atoms with Crippen molar-refractivity contribution in [2.45, 2.75) is 6.10 Å². The zero-order chi connectivity index (χ0) is 15.5. The van der Waals surface area contributed by atoms with Gasteiger partial charge in [0.05, 0.1) is 18.0 Å². The van der Waals surface area contributed by atoms with Gasteiger partial charge in [0.25, 0.3) is 11.6 Å². The van der Waals surface area contributed by atoms with E-state index in [0.717, 1.165) is 0 Å². The third kappa shape index (κ3) is 2.73. The highest BCUT2D eigenvalue weighted by Gasteiger charge is 2.35. The van der Waals surface area contributed by atoms with Crippen molar-refractivity contribution in [3.63, 3.8) is 0 Å². The van der Waals surface area contributed by atoms with Gasteiger partial charge in [0, 0.05) is 18.3 Å². The molecule has 1 saturated heterocycles. The Bertz CT molecular complexity index is 699. The van der Waals surface area contributed by atoms with Crippen LogP contribution in [0.1, 0.15) is 10.4 Å². The van der Waals surface area contributed by atoms with Crippen LogP contribution in [0.4, 0.5) is 5.69 Å². The van der Waals surface area contributed by atoms with Gasteiger partial charge in [-0.25, -0.2) is 4.98 Å². The number of nitro groups is 1. The van der Waals surface area contributed by atoms with Gasteiger partial charge < -0.3 is 9.64 Å². The molecule has 0 radical (unpaired) electrons. The number of pyridine rings is 1. The molecule has 1 aliphatic heterocycles. The number of rotatable bonds is 4. The number of nitrogens with zero attached hydrogens (tertiary/aromatic N) is 3. The van der Waals surface area contributed by atoms with Crippen LogP contribution in [-0.2, 0) is 0 Å². The molecule has 0 N–H and O–H groups in total. The molecule has 0 aliphatic carbocycles. The number of ether oxygens (including phenoxy) is 1. The molecular formula is C15H13N3O4. The van der Waals surface area contributed by atoms with E-state index in [4.69, 9.17) is 4.74 Å². The molecule has 7 nitrogen and oxygen atoms in total. The van der Waals surface area contributed by atoms with Crippen LogP contribution in [-0.4, -0.2) is 39.9 Å². The fourth-order valence-electron chi connectivity index (χ4n) is 2.25. The third-order valence-corrected chi connectivity index (χ3v) is 3.39. The first-order valence-electron chi connectivity index (χ1n) is 6.75. The average molecular weight is 299 g/mol. The summed E-state index contributed by atoms with van der Waals surface area (Å²) in [4.78, 5) is 28.3. The van der Waals surface area contributed by atoms with E-state index in [1.165, 1.54) is 23.1 Å². The normalized spacial score (nSPS) is 14.3. The van der Waals surface area contributed by atoms with Gasteiger partial charge in [-0.3, -0.25) is 14.9 Å². The van der Waals surface area contributed by atoms with E-state index in [9.17, 15) is 14.9 Å². The van der Waals surface area contributed by atoms with E-state index in [2.05, 4.69) is 4.98 Å². The first kappa shape index (κ1) is 14.0. The van der Waals surface area contributed by atoms with E-state index in [-0.39, 0.29) is 23.3 Å². The quantitative estimate of drug-likeness (QED) is 0.635. The van der Waals surface area contributed by atoms with Crippen LogP contribution in [0.2, 0.25) is 0 Å². The molecular weight excluding hydrogens is 286 g/mol.